The molecule has 29 heavy (non-hydrogen) atoms. The highest BCUT2D eigenvalue weighted by molar-refractivity contribution is 6.05. The van der Waals surface area contributed by atoms with Gasteiger partial charge >= 0.3 is 0 Å². The van der Waals surface area contributed by atoms with Gasteiger partial charge in [0.2, 0.25) is 0 Å². The van der Waals surface area contributed by atoms with E-state index < -0.39 is 0 Å². The molecular weight excluding hydrogens is 364 g/mol. The maximum atomic E-state index is 12.3. The molecule has 7 heteroatoms. The van der Waals surface area contributed by atoms with Crippen LogP contribution in [0.1, 0.15) is 21.5 Å². The maximum absolute atomic E-state index is 12.3. The number of hydrogen-bond donors (Lipinski definition) is 3. The van der Waals surface area contributed by atoms with E-state index in [1.54, 1.807) is 6.20 Å². The van der Waals surface area contributed by atoms with Crippen LogP contribution in [0.2, 0.25) is 0 Å². The molecule has 0 radical (unpaired) electrons. The van der Waals surface area contributed by atoms with Crippen LogP contribution in [0.5, 0.6) is 0 Å². The first-order chi connectivity index (χ1) is 14.0. The average molecular weight is 388 g/mol. The molecule has 0 aliphatic carbocycles. The minimum absolute atomic E-state index is 0.0382. The topological polar surface area (TPSA) is 82.2 Å². The fraction of sp³-hybridized carbons (Fsp3) is 0.227. The van der Waals surface area contributed by atoms with E-state index in [9.17, 15) is 4.79 Å². The molecule has 1 aliphatic heterocycles. The molecule has 1 aromatic carbocycles. The van der Waals surface area contributed by atoms with E-state index in [0.717, 1.165) is 50.8 Å². The Hall–Kier alpha value is -3.61. The van der Waals surface area contributed by atoms with E-state index in [4.69, 9.17) is 0 Å². The SMILES string of the molecule is CNc1ccc(-c2cnc(Nc3ccc(N(C)C)nc3)cc2C)c2c1C(=O)NC2. The Morgan fingerprint density at radius 3 is 2.55 bits per heavy atom. The lowest BCUT2D eigenvalue weighted by Crippen LogP contribution is -2.13. The van der Waals surface area contributed by atoms with Gasteiger partial charge in [0.15, 0.2) is 0 Å². The quantitative estimate of drug-likeness (QED) is 0.620. The van der Waals surface area contributed by atoms with E-state index >= 15 is 0 Å². The molecular formula is C22H24N6O. The molecule has 4 rings (SSSR count). The fourth-order valence-corrected chi connectivity index (χ4v) is 3.59. The zero-order chi connectivity index (χ0) is 20.5. The van der Waals surface area contributed by atoms with Crippen LogP contribution in [0.25, 0.3) is 11.1 Å². The summed E-state index contributed by atoms with van der Waals surface area (Å²) in [6, 6.07) is 9.94. The largest absolute Gasteiger partial charge is 0.387 e. The minimum atomic E-state index is -0.0382. The number of hydrogen-bond acceptors (Lipinski definition) is 6. The molecule has 0 unspecified atom stereocenters. The molecule has 3 aromatic rings. The van der Waals surface area contributed by atoms with E-state index in [-0.39, 0.29) is 5.91 Å². The number of carbonyl (C=O) groups excluding carboxylic acids is 1. The number of aryl methyl sites for hydroxylation is 1. The second-order valence-corrected chi connectivity index (χ2v) is 7.26. The summed E-state index contributed by atoms with van der Waals surface area (Å²) in [4.78, 5) is 23.2. The van der Waals surface area contributed by atoms with Crippen molar-refractivity contribution in [1.82, 2.24) is 15.3 Å². The predicted molar refractivity (Wildman–Crippen MR) is 117 cm³/mol. The number of pyridine rings is 2. The zero-order valence-corrected chi connectivity index (χ0v) is 17.0. The summed E-state index contributed by atoms with van der Waals surface area (Å²) in [7, 11) is 5.75. The van der Waals surface area contributed by atoms with E-state index in [1.807, 2.05) is 62.6 Å². The Morgan fingerprint density at radius 1 is 1.07 bits per heavy atom. The number of nitrogens with zero attached hydrogens (tertiary/aromatic N) is 3. The van der Waals surface area contributed by atoms with E-state index in [2.05, 4.69) is 32.8 Å². The van der Waals surface area contributed by atoms with Crippen LogP contribution in [-0.2, 0) is 6.54 Å². The highest BCUT2D eigenvalue weighted by Crippen LogP contribution is 2.35. The minimum Gasteiger partial charge on any atom is -0.387 e. The number of benzene rings is 1. The van der Waals surface area contributed by atoms with Crippen LogP contribution in [0.3, 0.4) is 0 Å². The molecule has 0 saturated heterocycles. The van der Waals surface area contributed by atoms with Crippen molar-refractivity contribution < 1.29 is 4.79 Å². The van der Waals surface area contributed by atoms with Gasteiger partial charge < -0.3 is 20.9 Å². The zero-order valence-electron chi connectivity index (χ0n) is 17.0. The summed E-state index contributed by atoms with van der Waals surface area (Å²) in [5.74, 6) is 1.61. The van der Waals surface area contributed by atoms with Gasteiger partial charge in [-0.15, -0.1) is 0 Å². The Kier molecular flexibility index (Phi) is 4.80. The molecule has 3 N–H and O–H groups in total. The van der Waals surface area contributed by atoms with Gasteiger partial charge in [0, 0.05) is 45.1 Å². The monoisotopic (exact) mass is 388 g/mol. The highest BCUT2D eigenvalue weighted by Gasteiger charge is 2.26. The number of rotatable bonds is 5. The average Bonchev–Trinajstić information content (AvgIpc) is 3.10. The number of nitrogens with one attached hydrogen (secondary N) is 3. The van der Waals surface area contributed by atoms with E-state index in [1.165, 1.54) is 0 Å². The Labute approximate surface area is 170 Å². The van der Waals surface area contributed by atoms with Crippen molar-refractivity contribution in [3.63, 3.8) is 0 Å². The summed E-state index contributed by atoms with van der Waals surface area (Å²) >= 11 is 0. The van der Waals surface area contributed by atoms with Crippen molar-refractivity contribution in [3.05, 3.63) is 59.4 Å². The van der Waals surface area contributed by atoms with Gasteiger partial charge in [-0.1, -0.05) is 6.07 Å². The molecule has 7 nitrogen and oxygen atoms in total. The number of aromatic nitrogens is 2. The van der Waals surface area contributed by atoms with Crippen LogP contribution >= 0.6 is 0 Å². The van der Waals surface area contributed by atoms with Gasteiger partial charge in [-0.25, -0.2) is 9.97 Å². The molecule has 1 amide bonds. The van der Waals surface area contributed by atoms with Crippen LogP contribution in [0.4, 0.5) is 23.0 Å². The van der Waals surface area contributed by atoms with Crippen molar-refractivity contribution in [2.24, 2.45) is 0 Å². The first kappa shape index (κ1) is 18.7. The van der Waals surface area contributed by atoms with Gasteiger partial charge in [-0.3, -0.25) is 4.79 Å². The molecule has 2 aromatic heterocycles. The van der Waals surface area contributed by atoms with Crippen LogP contribution in [-0.4, -0.2) is 37.0 Å². The number of carbonyl (C=O) groups is 1. The van der Waals surface area contributed by atoms with Crippen molar-refractivity contribution >= 4 is 28.9 Å². The normalized spacial score (nSPS) is 12.3. The number of amides is 1. The second kappa shape index (κ2) is 7.43. The lowest BCUT2D eigenvalue weighted by molar-refractivity contribution is 0.0966. The smallest absolute Gasteiger partial charge is 0.254 e. The first-order valence-electron chi connectivity index (χ1n) is 9.47. The Balaban J connectivity index is 1.64. The summed E-state index contributed by atoms with van der Waals surface area (Å²) in [6.07, 6.45) is 3.65. The standard InChI is InChI=1S/C22H24N6O/c1-13-9-19(27-14-5-8-20(25-10-14)28(3)4)24-11-16(13)15-6-7-18(23-2)21-17(15)12-26-22(21)29/h5-11,23H,12H2,1-4H3,(H,24,27)(H,26,29). The molecule has 0 atom stereocenters. The number of fused-ring (bicyclic) bond motifs is 1. The van der Waals surface area contributed by atoms with Gasteiger partial charge in [0.1, 0.15) is 11.6 Å². The summed E-state index contributed by atoms with van der Waals surface area (Å²) in [6.45, 7) is 2.58. The van der Waals surface area contributed by atoms with Crippen molar-refractivity contribution in [2.75, 3.05) is 36.7 Å². The molecule has 0 bridgehead atoms. The third-order valence-electron chi connectivity index (χ3n) is 5.11. The molecule has 148 valence electrons. The lowest BCUT2D eigenvalue weighted by Gasteiger charge is -2.15. The van der Waals surface area contributed by atoms with Gasteiger partial charge in [0.25, 0.3) is 5.91 Å². The van der Waals surface area contributed by atoms with Crippen molar-refractivity contribution in [3.8, 4) is 11.1 Å². The summed E-state index contributed by atoms with van der Waals surface area (Å²) < 4.78 is 0. The second-order valence-electron chi connectivity index (χ2n) is 7.26. The van der Waals surface area contributed by atoms with Crippen molar-refractivity contribution in [2.45, 2.75) is 13.5 Å². The number of anilines is 4. The lowest BCUT2D eigenvalue weighted by atomic mass is 9.94. The maximum Gasteiger partial charge on any atom is 0.254 e. The van der Waals surface area contributed by atoms with Gasteiger partial charge in [-0.2, -0.15) is 0 Å². The Bertz CT molecular complexity index is 1080. The van der Waals surface area contributed by atoms with Crippen LogP contribution < -0.4 is 20.9 Å². The Morgan fingerprint density at radius 2 is 1.90 bits per heavy atom. The van der Waals surface area contributed by atoms with Crippen molar-refractivity contribution in [1.29, 1.82) is 0 Å². The molecule has 0 fully saturated rings. The van der Waals surface area contributed by atoms with Crippen LogP contribution in [0.15, 0.2) is 42.7 Å². The molecule has 1 aliphatic rings. The molecule has 0 spiro atoms. The first-order valence-corrected chi connectivity index (χ1v) is 9.47. The summed E-state index contributed by atoms with van der Waals surface area (Å²) in [5, 5.41) is 9.33. The van der Waals surface area contributed by atoms with Crippen LogP contribution in [0, 0.1) is 6.92 Å². The fourth-order valence-electron chi connectivity index (χ4n) is 3.59. The third-order valence-corrected chi connectivity index (χ3v) is 5.11. The molecule has 0 saturated carbocycles. The summed E-state index contributed by atoms with van der Waals surface area (Å²) in [5.41, 5.74) is 6.59. The molecule has 3 heterocycles. The predicted octanol–water partition coefficient (Wildman–Crippen LogP) is 3.55. The van der Waals surface area contributed by atoms with E-state index in [0.29, 0.717) is 6.54 Å². The van der Waals surface area contributed by atoms with Gasteiger partial charge in [-0.05, 0) is 47.9 Å². The highest BCUT2D eigenvalue weighted by atomic mass is 16.1. The third kappa shape index (κ3) is 3.47. The van der Waals surface area contributed by atoms with Gasteiger partial charge in [0.05, 0.1) is 17.4 Å².